The Morgan fingerprint density at radius 2 is 0.616 bits per heavy atom. The molecule has 0 aliphatic carbocycles. The lowest BCUT2D eigenvalue weighted by Crippen LogP contribution is -2.78. The molecule has 1 aliphatic heterocycles. The van der Waals surface area contributed by atoms with Gasteiger partial charge in [-0.1, -0.05) is 257 Å². The van der Waals surface area contributed by atoms with E-state index < -0.39 is 16.1 Å². The maximum Gasteiger partial charge on any atom is 0.179 e. The van der Waals surface area contributed by atoms with Crippen molar-refractivity contribution in [2.24, 2.45) is 0 Å². The highest BCUT2D eigenvalue weighted by Crippen LogP contribution is 2.52. The van der Waals surface area contributed by atoms with Gasteiger partial charge in [0.05, 0.1) is 22.4 Å². The number of fused-ring (bicyclic) bond motifs is 5. The van der Waals surface area contributed by atoms with Crippen LogP contribution in [-0.4, -0.2) is 20.7 Å². The Labute approximate surface area is 430 Å². The summed E-state index contributed by atoms with van der Waals surface area (Å²) in [6.45, 7) is 4.72. The van der Waals surface area contributed by atoms with Gasteiger partial charge in [0.15, 0.2) is 16.1 Å². The molecule has 0 saturated heterocycles. The van der Waals surface area contributed by atoms with Crippen molar-refractivity contribution in [1.82, 2.24) is 4.57 Å². The Hall–Kier alpha value is -8.55. The van der Waals surface area contributed by atoms with Crippen molar-refractivity contribution in [1.29, 1.82) is 0 Å². The number of nitrogens with zero attached hydrogens (tertiary/aromatic N) is 2. The molecule has 2 heterocycles. The largest absolute Gasteiger partial charge is 0.310 e. The molecule has 1 aromatic heterocycles. The number of aromatic nitrogens is 1. The third-order valence-corrected chi connectivity index (χ3v) is 25.3. The van der Waals surface area contributed by atoms with Crippen LogP contribution < -0.4 is 46.4 Å². The van der Waals surface area contributed by atoms with Crippen LogP contribution in [0.3, 0.4) is 0 Å². The van der Waals surface area contributed by atoms with Gasteiger partial charge in [0, 0.05) is 27.6 Å². The number of hydrogen-bond donors (Lipinski definition) is 0. The predicted molar refractivity (Wildman–Crippen MR) is 315 cm³/mol. The molecule has 11 aromatic carbocycles. The molecule has 0 spiro atoms. The molecule has 0 atom stereocenters. The second kappa shape index (κ2) is 17.9. The maximum absolute atomic E-state index is 3.10. The number of hydrogen-bond acceptors (Lipinski definition) is 1. The molecule has 73 heavy (non-hydrogen) atoms. The highest BCUT2D eigenvalue weighted by molar-refractivity contribution is 7.22. The van der Waals surface area contributed by atoms with E-state index in [1.807, 2.05) is 0 Å². The third-order valence-electron chi connectivity index (χ3n) is 15.8. The van der Waals surface area contributed by atoms with Gasteiger partial charge in [-0.3, -0.25) is 0 Å². The van der Waals surface area contributed by atoms with Crippen LogP contribution in [0.2, 0.25) is 0 Å². The molecule has 1 aliphatic rings. The van der Waals surface area contributed by atoms with Crippen molar-refractivity contribution in [3.8, 4) is 5.69 Å². The fourth-order valence-electron chi connectivity index (χ4n) is 12.6. The second-order valence-electron chi connectivity index (χ2n) is 20.0. The van der Waals surface area contributed by atoms with Crippen molar-refractivity contribution in [3.05, 3.63) is 302 Å². The minimum Gasteiger partial charge on any atom is -0.310 e. The van der Waals surface area contributed by atoms with Crippen LogP contribution in [0, 0.1) is 0 Å². The average molecular weight is 967 g/mol. The molecule has 12 aromatic rings. The molecule has 0 fully saturated rings. The molecule has 0 saturated carbocycles. The van der Waals surface area contributed by atoms with Crippen molar-refractivity contribution in [2.75, 3.05) is 4.90 Å². The molecular formula is C69H54N2Si2. The lowest BCUT2D eigenvalue weighted by molar-refractivity contribution is 0.632. The zero-order chi connectivity index (χ0) is 49.0. The highest BCUT2D eigenvalue weighted by atomic mass is 28.3. The van der Waals surface area contributed by atoms with Gasteiger partial charge in [-0.05, 0) is 101 Å². The van der Waals surface area contributed by atoms with Gasteiger partial charge in [0.1, 0.15) is 0 Å². The Kier molecular flexibility index (Phi) is 10.9. The zero-order valence-corrected chi connectivity index (χ0v) is 43.1. The molecule has 2 nitrogen and oxygen atoms in total. The van der Waals surface area contributed by atoms with Gasteiger partial charge in [-0.25, -0.2) is 0 Å². The monoisotopic (exact) mass is 966 g/mol. The molecule has 0 unspecified atom stereocenters. The van der Waals surface area contributed by atoms with E-state index in [4.69, 9.17) is 0 Å². The first-order valence-electron chi connectivity index (χ1n) is 25.5. The van der Waals surface area contributed by atoms with Gasteiger partial charge >= 0.3 is 0 Å². The van der Waals surface area contributed by atoms with Gasteiger partial charge in [0.2, 0.25) is 0 Å². The molecule has 0 bridgehead atoms. The van der Waals surface area contributed by atoms with Crippen molar-refractivity contribution < 1.29 is 0 Å². The maximum atomic E-state index is 2.65. The molecule has 0 radical (unpaired) electrons. The lowest BCUT2D eigenvalue weighted by atomic mass is 9.73. The van der Waals surface area contributed by atoms with E-state index in [9.17, 15) is 0 Å². The summed E-state index contributed by atoms with van der Waals surface area (Å²) >= 11 is 0. The first kappa shape index (κ1) is 44.4. The minimum absolute atomic E-state index is 0.151. The smallest absolute Gasteiger partial charge is 0.179 e. The van der Waals surface area contributed by atoms with Crippen molar-refractivity contribution >= 4 is 96.5 Å². The summed E-state index contributed by atoms with van der Waals surface area (Å²) < 4.78 is 2.57. The molecule has 0 N–H and O–H groups in total. The minimum atomic E-state index is -3.10. The molecule has 348 valence electrons. The summed E-state index contributed by atoms with van der Waals surface area (Å²) in [5, 5.41) is 13.2. The van der Waals surface area contributed by atoms with E-state index in [2.05, 4.69) is 315 Å². The van der Waals surface area contributed by atoms with Gasteiger partial charge in [-0.15, -0.1) is 0 Å². The van der Waals surface area contributed by atoms with Crippen molar-refractivity contribution in [2.45, 2.75) is 19.3 Å². The summed E-state index contributed by atoms with van der Waals surface area (Å²) in [5.41, 5.74) is 9.59. The number of rotatable bonds is 10. The summed E-state index contributed by atoms with van der Waals surface area (Å²) in [6, 6.07) is 110. The van der Waals surface area contributed by atoms with Crippen LogP contribution in [0.5, 0.6) is 0 Å². The first-order chi connectivity index (χ1) is 36.0. The summed E-state index contributed by atoms with van der Waals surface area (Å²) in [5.74, 6) is 0. The van der Waals surface area contributed by atoms with Crippen LogP contribution in [-0.2, 0) is 5.41 Å². The van der Waals surface area contributed by atoms with Crippen LogP contribution in [0.25, 0.3) is 27.5 Å². The number of anilines is 3. The van der Waals surface area contributed by atoms with Crippen LogP contribution in [0.1, 0.15) is 25.0 Å². The van der Waals surface area contributed by atoms with E-state index in [0.717, 1.165) is 11.4 Å². The van der Waals surface area contributed by atoms with Crippen LogP contribution in [0.4, 0.5) is 17.1 Å². The summed E-state index contributed by atoms with van der Waals surface area (Å²) in [7, 11) is -6.20. The van der Waals surface area contributed by atoms with E-state index in [-0.39, 0.29) is 5.41 Å². The number of benzene rings is 11. The van der Waals surface area contributed by atoms with Gasteiger partial charge in [0.25, 0.3) is 0 Å². The second-order valence-corrected chi connectivity index (χ2v) is 27.6. The quantitative estimate of drug-likeness (QED) is 0.0979. The lowest BCUT2D eigenvalue weighted by Gasteiger charge is -2.42. The standard InChI is InChI=1S/C69H54N2Si2/c1-69(2)63-40-22-25-43-67(63)70(68-44-26-23-41-64(68)69)51-45-46-66-62(49-51)61-39-21-24-42-65(61)71(66)52-47-59(72(53-27-9-3-10-28-53,54-29-11-4-12-30-54)55-31-13-5-14-32-55)50-60(48-52)73(56-33-15-6-16-34-56,57-35-17-7-18-36-57)58-37-19-8-20-38-58/h3-50H,1-2H3. The van der Waals surface area contributed by atoms with Crippen LogP contribution >= 0.6 is 0 Å². The summed E-state index contributed by atoms with van der Waals surface area (Å²) in [4.78, 5) is 2.49. The van der Waals surface area contributed by atoms with E-state index in [1.54, 1.807) is 0 Å². The topological polar surface area (TPSA) is 8.17 Å². The van der Waals surface area contributed by atoms with Crippen molar-refractivity contribution in [3.63, 3.8) is 0 Å². The SMILES string of the molecule is CC1(C)c2ccccc2N(c2ccc3c(c2)c2ccccc2n3-c2cc([Si](c3ccccc3)(c3ccccc3)c3ccccc3)cc([Si](c3ccccc3)(c3ccccc3)c3ccccc3)c2)c2ccccc21. The Morgan fingerprint density at radius 1 is 0.274 bits per heavy atom. The molecule has 13 rings (SSSR count). The Morgan fingerprint density at radius 3 is 1.03 bits per heavy atom. The number of para-hydroxylation sites is 3. The highest BCUT2D eigenvalue weighted by Gasteiger charge is 2.46. The zero-order valence-electron chi connectivity index (χ0n) is 41.1. The fraction of sp³-hybridized carbons (Fsp3) is 0.0435. The normalized spacial score (nSPS) is 13.2. The van der Waals surface area contributed by atoms with E-state index in [1.165, 1.54) is 85.8 Å². The van der Waals surface area contributed by atoms with Gasteiger partial charge in [-0.2, -0.15) is 0 Å². The van der Waals surface area contributed by atoms with Gasteiger partial charge < -0.3 is 9.47 Å². The third kappa shape index (κ3) is 6.97. The first-order valence-corrected chi connectivity index (χ1v) is 29.5. The van der Waals surface area contributed by atoms with Crippen LogP contribution in [0.15, 0.2) is 291 Å². The van der Waals surface area contributed by atoms with E-state index in [0.29, 0.717) is 0 Å². The Balaban J connectivity index is 1.17. The Bertz CT molecular complexity index is 3540. The fourth-order valence-corrected chi connectivity index (χ4v) is 22.4. The average Bonchev–Trinajstić information content (AvgIpc) is 3.79. The molecule has 4 heteroatoms. The molecule has 0 amide bonds. The predicted octanol–water partition coefficient (Wildman–Crippen LogP) is 11.6. The summed E-state index contributed by atoms with van der Waals surface area (Å²) in [6.07, 6.45) is 0. The molecular weight excluding hydrogens is 913 g/mol. The van der Waals surface area contributed by atoms with E-state index >= 15 is 0 Å².